The molecule has 0 fully saturated rings. The Bertz CT molecular complexity index is 1250. The summed E-state index contributed by atoms with van der Waals surface area (Å²) in [6.45, 7) is 0.316. The minimum absolute atomic E-state index is 0.0191. The molecule has 0 aliphatic heterocycles. The summed E-state index contributed by atoms with van der Waals surface area (Å²) in [6, 6.07) is 17.6. The van der Waals surface area contributed by atoms with Gasteiger partial charge in [0.05, 0.1) is 16.0 Å². The van der Waals surface area contributed by atoms with E-state index in [2.05, 4.69) is 15.3 Å². The van der Waals surface area contributed by atoms with Gasteiger partial charge in [-0.25, -0.2) is 9.97 Å². The number of hydrogen-bond donors (Lipinski definition) is 1. The van der Waals surface area contributed by atoms with E-state index >= 15 is 0 Å². The van der Waals surface area contributed by atoms with Crippen molar-refractivity contribution in [3.63, 3.8) is 0 Å². The number of nitrogens with zero attached hydrogens (tertiary/aromatic N) is 4. The summed E-state index contributed by atoms with van der Waals surface area (Å²) in [7, 11) is 0. The fourth-order valence-corrected chi connectivity index (χ4v) is 2.97. The smallest absolute Gasteiger partial charge is 0.270 e. The van der Waals surface area contributed by atoms with Gasteiger partial charge in [-0.05, 0) is 35.4 Å². The molecule has 0 saturated heterocycles. The maximum Gasteiger partial charge on any atom is 0.270 e. The van der Waals surface area contributed by atoms with E-state index in [1.165, 1.54) is 24.3 Å². The zero-order valence-electron chi connectivity index (χ0n) is 15.8. The van der Waals surface area contributed by atoms with E-state index in [-0.39, 0.29) is 11.6 Å². The van der Waals surface area contributed by atoms with E-state index in [1.54, 1.807) is 24.7 Å². The fourth-order valence-electron chi connectivity index (χ4n) is 2.97. The number of hydrogen-bond acceptors (Lipinski definition) is 5. The molecule has 30 heavy (non-hydrogen) atoms. The van der Waals surface area contributed by atoms with Crippen LogP contribution >= 0.6 is 0 Å². The third-order valence-corrected chi connectivity index (χ3v) is 4.48. The molecule has 0 radical (unpaired) electrons. The lowest BCUT2D eigenvalue weighted by Gasteiger charge is -2.06. The number of aromatic nitrogens is 3. The van der Waals surface area contributed by atoms with Crippen LogP contribution in [0.4, 0.5) is 5.69 Å². The average Bonchev–Trinajstić information content (AvgIpc) is 3.21. The first-order valence-electron chi connectivity index (χ1n) is 9.18. The topological polar surface area (TPSA) is 103 Å². The fraction of sp³-hybridized carbons (Fsp3) is 0.0455. The van der Waals surface area contributed by atoms with Crippen LogP contribution in [0, 0.1) is 10.1 Å². The van der Waals surface area contributed by atoms with Gasteiger partial charge in [0.1, 0.15) is 12.1 Å². The maximum absolute atomic E-state index is 12.0. The number of rotatable bonds is 6. The maximum atomic E-state index is 12.0. The van der Waals surface area contributed by atoms with Crippen molar-refractivity contribution in [1.29, 1.82) is 0 Å². The van der Waals surface area contributed by atoms with Gasteiger partial charge < -0.3 is 5.32 Å². The van der Waals surface area contributed by atoms with Crippen LogP contribution in [0.3, 0.4) is 0 Å². The first kappa shape index (κ1) is 19.0. The molecule has 2 aromatic carbocycles. The van der Waals surface area contributed by atoms with Gasteiger partial charge in [0, 0.05) is 31.0 Å². The molecule has 0 aliphatic rings. The van der Waals surface area contributed by atoms with Crippen LogP contribution in [0.1, 0.15) is 11.1 Å². The van der Waals surface area contributed by atoms with Gasteiger partial charge in [0.15, 0.2) is 0 Å². The highest BCUT2D eigenvalue weighted by atomic mass is 16.6. The lowest BCUT2D eigenvalue weighted by Crippen LogP contribution is -2.20. The predicted octanol–water partition coefficient (Wildman–Crippen LogP) is 3.66. The SMILES string of the molecule is O=C(/C=C/c1cccc([N+](=O)[O-])c1)NCc1ccc(-n2cnc3ccccc32)nc1. The summed E-state index contributed by atoms with van der Waals surface area (Å²) in [5, 5.41) is 13.6. The van der Waals surface area contributed by atoms with Crippen LogP contribution in [0.2, 0.25) is 0 Å². The van der Waals surface area contributed by atoms with Crippen molar-refractivity contribution in [3.8, 4) is 5.82 Å². The molecule has 0 spiro atoms. The number of carbonyl (C=O) groups excluding carboxylic acids is 1. The van der Waals surface area contributed by atoms with Crippen molar-refractivity contribution in [2.45, 2.75) is 6.54 Å². The Balaban J connectivity index is 1.37. The molecule has 0 bridgehead atoms. The van der Waals surface area contributed by atoms with Gasteiger partial charge in [-0.1, -0.05) is 30.3 Å². The highest BCUT2D eigenvalue weighted by Gasteiger charge is 2.06. The number of nitro groups is 1. The van der Waals surface area contributed by atoms with Crippen LogP contribution < -0.4 is 5.32 Å². The zero-order chi connectivity index (χ0) is 20.9. The molecule has 0 atom stereocenters. The Hall–Kier alpha value is -4.33. The molecule has 4 aromatic rings. The Morgan fingerprint density at radius 1 is 1.10 bits per heavy atom. The van der Waals surface area contributed by atoms with Crippen molar-refractivity contribution >= 4 is 28.7 Å². The largest absolute Gasteiger partial charge is 0.348 e. The van der Waals surface area contributed by atoms with E-state index in [0.29, 0.717) is 12.1 Å². The van der Waals surface area contributed by atoms with Gasteiger partial charge in [-0.2, -0.15) is 0 Å². The molecule has 0 unspecified atom stereocenters. The van der Waals surface area contributed by atoms with Crippen molar-refractivity contribution in [1.82, 2.24) is 19.9 Å². The number of nitro benzene ring substituents is 1. The van der Waals surface area contributed by atoms with Gasteiger partial charge in [0.2, 0.25) is 5.91 Å². The van der Waals surface area contributed by atoms with E-state index in [9.17, 15) is 14.9 Å². The first-order chi connectivity index (χ1) is 14.6. The third kappa shape index (κ3) is 4.22. The summed E-state index contributed by atoms with van der Waals surface area (Å²) in [5.74, 6) is 0.440. The number of para-hydroxylation sites is 2. The molecule has 2 heterocycles. The van der Waals surface area contributed by atoms with Crippen LogP contribution in [0.15, 0.2) is 79.3 Å². The molecule has 1 amide bonds. The molecule has 2 aromatic heterocycles. The van der Waals surface area contributed by atoms with E-state index in [1.807, 2.05) is 41.0 Å². The number of imidazole rings is 1. The average molecular weight is 399 g/mol. The van der Waals surface area contributed by atoms with E-state index in [0.717, 1.165) is 22.4 Å². The lowest BCUT2D eigenvalue weighted by molar-refractivity contribution is -0.384. The van der Waals surface area contributed by atoms with Gasteiger partial charge >= 0.3 is 0 Å². The van der Waals surface area contributed by atoms with Crippen LogP contribution in [-0.2, 0) is 11.3 Å². The van der Waals surface area contributed by atoms with Crippen LogP contribution in [0.5, 0.6) is 0 Å². The highest BCUT2D eigenvalue weighted by Crippen LogP contribution is 2.17. The molecule has 8 nitrogen and oxygen atoms in total. The Kier molecular flexibility index (Phi) is 5.29. The summed E-state index contributed by atoms with van der Waals surface area (Å²) < 4.78 is 1.90. The van der Waals surface area contributed by atoms with Gasteiger partial charge in [-0.3, -0.25) is 19.5 Å². The molecule has 0 saturated carbocycles. The molecule has 1 N–H and O–H groups in total. The van der Waals surface area contributed by atoms with Gasteiger partial charge in [-0.15, -0.1) is 0 Å². The molecule has 0 aliphatic carbocycles. The van der Waals surface area contributed by atoms with Crippen LogP contribution in [0.25, 0.3) is 22.9 Å². The molecule has 148 valence electrons. The summed E-state index contributed by atoms with van der Waals surface area (Å²) >= 11 is 0. The number of fused-ring (bicyclic) bond motifs is 1. The van der Waals surface area contributed by atoms with E-state index in [4.69, 9.17) is 0 Å². The number of amides is 1. The standard InChI is InChI=1S/C22H17N5O3/c28-22(11-9-16-4-3-5-18(12-16)27(29)30)24-14-17-8-10-21(23-13-17)26-15-25-19-6-1-2-7-20(19)26/h1-13,15H,14H2,(H,24,28)/b11-9+. The Morgan fingerprint density at radius 3 is 2.77 bits per heavy atom. The normalized spacial score (nSPS) is 11.1. The lowest BCUT2D eigenvalue weighted by atomic mass is 10.2. The van der Waals surface area contributed by atoms with Crippen molar-refractivity contribution < 1.29 is 9.72 Å². The minimum Gasteiger partial charge on any atom is -0.348 e. The zero-order valence-corrected chi connectivity index (χ0v) is 15.8. The minimum atomic E-state index is -0.472. The molecular formula is C22H17N5O3. The number of pyridine rings is 1. The second kappa shape index (κ2) is 8.36. The second-order valence-corrected chi connectivity index (χ2v) is 6.53. The first-order valence-corrected chi connectivity index (χ1v) is 9.18. The third-order valence-electron chi connectivity index (χ3n) is 4.48. The quantitative estimate of drug-likeness (QED) is 0.303. The van der Waals surface area contributed by atoms with Crippen molar-refractivity contribution in [2.24, 2.45) is 0 Å². The van der Waals surface area contributed by atoms with Crippen LogP contribution in [-0.4, -0.2) is 25.4 Å². The molecule has 8 heteroatoms. The summed E-state index contributed by atoms with van der Waals surface area (Å²) in [6.07, 6.45) is 6.31. The highest BCUT2D eigenvalue weighted by molar-refractivity contribution is 5.91. The Labute approximate surface area is 171 Å². The number of nitrogens with one attached hydrogen (secondary N) is 1. The molecule has 4 rings (SSSR count). The van der Waals surface area contributed by atoms with Crippen molar-refractivity contribution in [2.75, 3.05) is 0 Å². The number of non-ortho nitro benzene ring substituents is 1. The predicted molar refractivity (Wildman–Crippen MR) is 113 cm³/mol. The number of benzene rings is 2. The summed E-state index contributed by atoms with van der Waals surface area (Å²) in [4.78, 5) is 31.2. The number of carbonyl (C=O) groups is 1. The van der Waals surface area contributed by atoms with Crippen molar-refractivity contribution in [3.05, 3.63) is 101 Å². The van der Waals surface area contributed by atoms with Gasteiger partial charge in [0.25, 0.3) is 5.69 Å². The summed E-state index contributed by atoms with van der Waals surface area (Å²) in [5.41, 5.74) is 3.27. The monoisotopic (exact) mass is 399 g/mol. The van der Waals surface area contributed by atoms with E-state index < -0.39 is 4.92 Å². The molecular weight excluding hydrogens is 382 g/mol. The Morgan fingerprint density at radius 2 is 1.97 bits per heavy atom. The second-order valence-electron chi connectivity index (χ2n) is 6.53.